The van der Waals surface area contributed by atoms with Gasteiger partial charge in [-0.25, -0.2) is 0 Å². The highest BCUT2D eigenvalue weighted by molar-refractivity contribution is 6.37. The van der Waals surface area contributed by atoms with Crippen molar-refractivity contribution in [2.24, 2.45) is 5.73 Å². The summed E-state index contributed by atoms with van der Waals surface area (Å²) < 4.78 is 0. The lowest BCUT2D eigenvalue weighted by atomic mass is 10.2. The minimum Gasteiger partial charge on any atom is -0.505 e. The quantitative estimate of drug-likeness (QED) is 0.556. The van der Waals surface area contributed by atoms with E-state index in [-0.39, 0.29) is 21.7 Å². The van der Waals surface area contributed by atoms with Gasteiger partial charge >= 0.3 is 0 Å². The number of amides is 1. The third kappa shape index (κ3) is 4.72. The number of anilines is 1. The molecule has 4 N–H and O–H groups in total. The van der Waals surface area contributed by atoms with Crippen LogP contribution in [0.1, 0.15) is 25.7 Å². The number of nitrogens with two attached hydrogens (primary N) is 1. The molecule has 0 aromatic heterocycles. The van der Waals surface area contributed by atoms with Crippen molar-refractivity contribution in [3.63, 3.8) is 0 Å². The lowest BCUT2D eigenvalue weighted by Gasteiger charge is -2.07. The highest BCUT2D eigenvalue weighted by atomic mass is 35.5. The highest BCUT2D eigenvalue weighted by Gasteiger charge is 2.08. The van der Waals surface area contributed by atoms with Crippen molar-refractivity contribution in [1.29, 1.82) is 0 Å². The third-order valence-electron chi connectivity index (χ3n) is 2.41. The van der Waals surface area contributed by atoms with E-state index < -0.39 is 0 Å². The van der Waals surface area contributed by atoms with Gasteiger partial charge in [0, 0.05) is 12.1 Å². The summed E-state index contributed by atoms with van der Waals surface area (Å²) in [6.45, 7) is 0.644. The Kier molecular flexibility index (Phi) is 6.25. The molecule has 0 aliphatic rings. The lowest BCUT2D eigenvalue weighted by Crippen LogP contribution is -2.11. The van der Waals surface area contributed by atoms with Crippen LogP contribution in [0.4, 0.5) is 5.69 Å². The first-order chi connectivity index (χ1) is 8.54. The normalized spacial score (nSPS) is 10.4. The predicted molar refractivity (Wildman–Crippen MR) is 74.3 cm³/mol. The van der Waals surface area contributed by atoms with Gasteiger partial charge in [-0.3, -0.25) is 4.79 Å². The van der Waals surface area contributed by atoms with E-state index >= 15 is 0 Å². The highest BCUT2D eigenvalue weighted by Crippen LogP contribution is 2.34. The monoisotopic (exact) mass is 290 g/mol. The maximum absolute atomic E-state index is 11.6. The Morgan fingerprint density at radius 2 is 1.83 bits per heavy atom. The minimum atomic E-state index is -0.181. The Hall–Kier alpha value is -0.970. The van der Waals surface area contributed by atoms with E-state index in [0.29, 0.717) is 18.7 Å². The van der Waals surface area contributed by atoms with Gasteiger partial charge in [0.2, 0.25) is 5.91 Å². The van der Waals surface area contributed by atoms with Crippen LogP contribution >= 0.6 is 23.2 Å². The SMILES string of the molecule is NCCCCCC(=O)Nc1cc(Cl)c(O)c(Cl)c1. The van der Waals surface area contributed by atoms with E-state index in [0.717, 1.165) is 19.3 Å². The molecule has 1 rings (SSSR count). The topological polar surface area (TPSA) is 75.4 Å². The van der Waals surface area contributed by atoms with E-state index in [1.807, 2.05) is 0 Å². The molecular formula is C12H16Cl2N2O2. The number of carbonyl (C=O) groups excluding carboxylic acids is 1. The van der Waals surface area contributed by atoms with E-state index in [9.17, 15) is 9.90 Å². The first kappa shape index (κ1) is 15.1. The fourth-order valence-electron chi connectivity index (χ4n) is 1.47. The van der Waals surface area contributed by atoms with Gasteiger partial charge in [0.05, 0.1) is 10.0 Å². The molecule has 1 aromatic carbocycles. The molecule has 4 nitrogen and oxygen atoms in total. The van der Waals surface area contributed by atoms with Gasteiger partial charge in [-0.2, -0.15) is 0 Å². The molecule has 6 heteroatoms. The van der Waals surface area contributed by atoms with Crippen molar-refractivity contribution >= 4 is 34.8 Å². The van der Waals surface area contributed by atoms with Gasteiger partial charge in [-0.1, -0.05) is 29.6 Å². The van der Waals surface area contributed by atoms with E-state index in [1.54, 1.807) is 0 Å². The number of halogens is 2. The molecule has 0 spiro atoms. The summed E-state index contributed by atoms with van der Waals surface area (Å²) in [6.07, 6.45) is 3.07. The fourth-order valence-corrected chi connectivity index (χ4v) is 1.95. The fraction of sp³-hybridized carbons (Fsp3) is 0.417. The van der Waals surface area contributed by atoms with Gasteiger partial charge in [-0.05, 0) is 31.5 Å². The molecule has 0 atom stereocenters. The summed E-state index contributed by atoms with van der Waals surface area (Å²) in [5.41, 5.74) is 5.84. The lowest BCUT2D eigenvalue weighted by molar-refractivity contribution is -0.116. The molecule has 0 saturated carbocycles. The first-order valence-corrected chi connectivity index (χ1v) is 6.48. The van der Waals surface area contributed by atoms with Crippen LogP contribution in [0.25, 0.3) is 0 Å². The van der Waals surface area contributed by atoms with E-state index in [1.165, 1.54) is 12.1 Å². The Bertz CT molecular complexity index is 402. The summed E-state index contributed by atoms with van der Waals surface area (Å²) in [7, 11) is 0. The molecule has 0 radical (unpaired) electrons. The molecule has 0 aliphatic carbocycles. The summed E-state index contributed by atoms with van der Waals surface area (Å²) >= 11 is 11.5. The van der Waals surface area contributed by atoms with Crippen LogP contribution in [0.15, 0.2) is 12.1 Å². The summed E-state index contributed by atoms with van der Waals surface area (Å²) in [6, 6.07) is 2.92. The van der Waals surface area contributed by atoms with Crippen molar-refractivity contribution in [3.05, 3.63) is 22.2 Å². The molecule has 0 saturated heterocycles. The minimum absolute atomic E-state index is 0.107. The summed E-state index contributed by atoms with van der Waals surface area (Å²) in [5, 5.41) is 12.3. The number of rotatable bonds is 6. The average Bonchev–Trinajstić information content (AvgIpc) is 2.31. The number of phenolic OH excluding ortho intramolecular Hbond substituents is 1. The Labute approximate surface area is 116 Å². The summed E-state index contributed by atoms with van der Waals surface area (Å²) in [4.78, 5) is 11.6. The number of aromatic hydroxyl groups is 1. The zero-order valence-corrected chi connectivity index (χ0v) is 11.4. The van der Waals surface area contributed by atoms with Crippen molar-refractivity contribution < 1.29 is 9.90 Å². The molecule has 18 heavy (non-hydrogen) atoms. The second-order valence-corrected chi connectivity index (χ2v) is 4.75. The van der Waals surface area contributed by atoms with Crippen LogP contribution in [0.5, 0.6) is 5.75 Å². The molecule has 0 unspecified atom stereocenters. The number of unbranched alkanes of at least 4 members (excludes halogenated alkanes) is 2. The molecule has 0 bridgehead atoms. The number of benzene rings is 1. The standard InChI is InChI=1S/C12H16Cl2N2O2/c13-9-6-8(7-10(14)12(9)18)16-11(17)4-2-1-3-5-15/h6-7,18H,1-5,15H2,(H,16,17). The smallest absolute Gasteiger partial charge is 0.224 e. The van der Waals surface area contributed by atoms with E-state index in [2.05, 4.69) is 5.32 Å². The average molecular weight is 291 g/mol. The molecule has 1 aromatic rings. The number of nitrogens with one attached hydrogen (secondary N) is 1. The molecular weight excluding hydrogens is 275 g/mol. The van der Waals surface area contributed by atoms with Crippen LogP contribution in [0.2, 0.25) is 10.0 Å². The number of phenols is 1. The zero-order chi connectivity index (χ0) is 13.5. The van der Waals surface area contributed by atoms with Crippen LogP contribution < -0.4 is 11.1 Å². The van der Waals surface area contributed by atoms with Gasteiger partial charge in [-0.15, -0.1) is 0 Å². The van der Waals surface area contributed by atoms with Crippen molar-refractivity contribution in [3.8, 4) is 5.75 Å². The van der Waals surface area contributed by atoms with Gasteiger partial charge in [0.1, 0.15) is 0 Å². The Morgan fingerprint density at radius 1 is 1.22 bits per heavy atom. The van der Waals surface area contributed by atoms with Crippen LogP contribution in [0.3, 0.4) is 0 Å². The summed E-state index contributed by atoms with van der Waals surface area (Å²) in [5.74, 6) is -0.288. The van der Waals surface area contributed by atoms with E-state index in [4.69, 9.17) is 28.9 Å². The first-order valence-electron chi connectivity index (χ1n) is 5.72. The Balaban J connectivity index is 2.49. The van der Waals surface area contributed by atoms with Crippen molar-refractivity contribution in [1.82, 2.24) is 0 Å². The molecule has 0 heterocycles. The molecule has 1 amide bonds. The maximum Gasteiger partial charge on any atom is 0.224 e. The second kappa shape index (κ2) is 7.46. The molecule has 100 valence electrons. The van der Waals surface area contributed by atoms with Gasteiger partial charge in [0.25, 0.3) is 0 Å². The van der Waals surface area contributed by atoms with Crippen LogP contribution in [0, 0.1) is 0 Å². The van der Waals surface area contributed by atoms with Gasteiger partial charge < -0.3 is 16.2 Å². The third-order valence-corrected chi connectivity index (χ3v) is 2.98. The largest absolute Gasteiger partial charge is 0.505 e. The number of hydrogen-bond donors (Lipinski definition) is 3. The Morgan fingerprint density at radius 3 is 2.39 bits per heavy atom. The number of hydrogen-bond acceptors (Lipinski definition) is 3. The maximum atomic E-state index is 11.6. The number of carbonyl (C=O) groups is 1. The molecule has 0 fully saturated rings. The van der Waals surface area contributed by atoms with Crippen molar-refractivity contribution in [2.75, 3.05) is 11.9 Å². The molecule has 0 aliphatic heterocycles. The zero-order valence-electron chi connectivity index (χ0n) is 9.88. The van der Waals surface area contributed by atoms with Crippen molar-refractivity contribution in [2.45, 2.75) is 25.7 Å². The van der Waals surface area contributed by atoms with Crippen LogP contribution in [-0.2, 0) is 4.79 Å². The van der Waals surface area contributed by atoms with Crippen LogP contribution in [-0.4, -0.2) is 17.6 Å². The van der Waals surface area contributed by atoms with Gasteiger partial charge in [0.15, 0.2) is 5.75 Å². The predicted octanol–water partition coefficient (Wildman–Crippen LogP) is 3.16. The second-order valence-electron chi connectivity index (χ2n) is 3.94.